The van der Waals surface area contributed by atoms with Crippen molar-refractivity contribution in [1.82, 2.24) is 14.5 Å². The van der Waals surface area contributed by atoms with E-state index in [0.29, 0.717) is 18.7 Å². The number of carbonyl (C=O) groups is 1. The minimum Gasteiger partial charge on any atom is -0.374 e. The Morgan fingerprint density at radius 2 is 2.35 bits per heavy atom. The second-order valence-electron chi connectivity index (χ2n) is 5.51. The van der Waals surface area contributed by atoms with Gasteiger partial charge in [0.1, 0.15) is 3.70 Å². The molecule has 2 saturated heterocycles. The fraction of sp³-hybridized carbons (Fsp3) is 0.429. The maximum Gasteiger partial charge on any atom is 0.258 e. The number of nitrogens with zero attached hydrogens (tertiary/aromatic N) is 3. The predicted molar refractivity (Wildman–Crippen MR) is 81.8 cm³/mol. The standard InChI is InChI=1S/C14H14IN3O2/c1-8-2-12-11(5-16-18(12)13(15)3-8)14(19)17-6-10-4-9(17)7-20-10/h2-3,5,9-10H,4,6-7H2,1H3. The number of hydrogen-bond donors (Lipinski definition) is 0. The minimum atomic E-state index is 0.0807. The molecule has 2 fully saturated rings. The van der Waals surface area contributed by atoms with Crippen LogP contribution in [0.4, 0.5) is 0 Å². The number of amides is 1. The Bertz CT molecular complexity index is 712. The van der Waals surface area contributed by atoms with E-state index in [4.69, 9.17) is 4.74 Å². The number of aromatic nitrogens is 2. The summed E-state index contributed by atoms with van der Waals surface area (Å²) in [6.45, 7) is 3.42. The van der Waals surface area contributed by atoms with E-state index in [9.17, 15) is 4.79 Å². The van der Waals surface area contributed by atoms with Crippen molar-refractivity contribution in [1.29, 1.82) is 0 Å². The lowest BCUT2D eigenvalue weighted by atomic mass is 10.2. The highest BCUT2D eigenvalue weighted by molar-refractivity contribution is 14.1. The Kier molecular flexibility index (Phi) is 2.78. The Morgan fingerprint density at radius 3 is 3.05 bits per heavy atom. The summed E-state index contributed by atoms with van der Waals surface area (Å²) in [5.41, 5.74) is 2.73. The van der Waals surface area contributed by atoms with E-state index in [1.54, 1.807) is 6.20 Å². The molecular weight excluding hydrogens is 369 g/mol. The van der Waals surface area contributed by atoms with E-state index in [0.717, 1.165) is 21.2 Å². The molecule has 0 aromatic carbocycles. The van der Waals surface area contributed by atoms with Crippen LogP contribution in [0.25, 0.3) is 5.52 Å². The maximum atomic E-state index is 12.7. The van der Waals surface area contributed by atoms with Crippen LogP contribution in [0.1, 0.15) is 22.3 Å². The molecule has 0 spiro atoms. The molecule has 4 heterocycles. The average molecular weight is 383 g/mol. The van der Waals surface area contributed by atoms with Gasteiger partial charge in [0.15, 0.2) is 0 Å². The topological polar surface area (TPSA) is 46.8 Å². The number of hydrogen-bond acceptors (Lipinski definition) is 3. The van der Waals surface area contributed by atoms with E-state index in [-0.39, 0.29) is 18.1 Å². The SMILES string of the molecule is Cc1cc(I)n2ncc(C(=O)N3CC4CC3CO4)c2c1. The number of aryl methyl sites for hydroxylation is 1. The van der Waals surface area contributed by atoms with Crippen molar-refractivity contribution in [3.63, 3.8) is 0 Å². The van der Waals surface area contributed by atoms with Crippen molar-refractivity contribution in [2.45, 2.75) is 25.5 Å². The number of morpholine rings is 1. The summed E-state index contributed by atoms with van der Waals surface area (Å²) in [6, 6.07) is 4.32. The van der Waals surface area contributed by atoms with Crippen LogP contribution in [0.15, 0.2) is 18.3 Å². The summed E-state index contributed by atoms with van der Waals surface area (Å²) in [4.78, 5) is 14.7. The van der Waals surface area contributed by atoms with E-state index in [1.165, 1.54) is 0 Å². The van der Waals surface area contributed by atoms with Crippen molar-refractivity contribution < 1.29 is 9.53 Å². The van der Waals surface area contributed by atoms with Gasteiger partial charge in [-0.3, -0.25) is 4.79 Å². The summed E-state index contributed by atoms with van der Waals surface area (Å²) in [6.07, 6.45) is 2.89. The second kappa shape index (κ2) is 4.42. The van der Waals surface area contributed by atoms with E-state index in [1.807, 2.05) is 22.4 Å². The molecule has 0 N–H and O–H groups in total. The number of pyridine rings is 1. The summed E-state index contributed by atoms with van der Waals surface area (Å²) < 4.78 is 8.40. The highest BCUT2D eigenvalue weighted by Crippen LogP contribution is 2.30. The van der Waals surface area contributed by atoms with E-state index in [2.05, 4.69) is 33.8 Å². The van der Waals surface area contributed by atoms with Crippen LogP contribution < -0.4 is 0 Å². The van der Waals surface area contributed by atoms with Crippen LogP contribution in [0.5, 0.6) is 0 Å². The van der Waals surface area contributed by atoms with Crippen LogP contribution in [0.3, 0.4) is 0 Å². The molecule has 2 bridgehead atoms. The number of carbonyl (C=O) groups excluding carboxylic acids is 1. The molecule has 2 aromatic heterocycles. The second-order valence-corrected chi connectivity index (χ2v) is 6.62. The van der Waals surface area contributed by atoms with Gasteiger partial charge in [-0.15, -0.1) is 0 Å². The van der Waals surface area contributed by atoms with E-state index < -0.39 is 0 Å². The first-order valence-electron chi connectivity index (χ1n) is 6.70. The Balaban J connectivity index is 1.77. The Morgan fingerprint density at radius 1 is 1.50 bits per heavy atom. The highest BCUT2D eigenvalue weighted by atomic mass is 127. The van der Waals surface area contributed by atoms with Gasteiger partial charge < -0.3 is 9.64 Å². The molecule has 20 heavy (non-hydrogen) atoms. The van der Waals surface area contributed by atoms with Gasteiger partial charge >= 0.3 is 0 Å². The number of ether oxygens (including phenoxy) is 1. The largest absolute Gasteiger partial charge is 0.374 e. The third-order valence-electron chi connectivity index (χ3n) is 4.11. The molecule has 2 aliphatic heterocycles. The first-order valence-corrected chi connectivity index (χ1v) is 7.78. The number of likely N-dealkylation sites (tertiary alicyclic amines) is 1. The molecule has 5 nitrogen and oxygen atoms in total. The smallest absolute Gasteiger partial charge is 0.258 e. The molecule has 0 saturated carbocycles. The normalized spacial score (nSPS) is 24.8. The lowest BCUT2D eigenvalue weighted by molar-refractivity contribution is 0.0260. The molecule has 2 unspecified atom stereocenters. The zero-order valence-corrected chi connectivity index (χ0v) is 13.2. The van der Waals surface area contributed by atoms with Crippen molar-refractivity contribution >= 4 is 34.0 Å². The first-order chi connectivity index (χ1) is 9.63. The van der Waals surface area contributed by atoms with Gasteiger partial charge in [-0.1, -0.05) is 0 Å². The van der Waals surface area contributed by atoms with Crippen molar-refractivity contribution in [3.05, 3.63) is 33.2 Å². The summed E-state index contributed by atoms with van der Waals surface area (Å²) in [5.74, 6) is 0.0807. The third-order valence-corrected chi connectivity index (χ3v) is 4.88. The summed E-state index contributed by atoms with van der Waals surface area (Å²) in [7, 11) is 0. The Hall–Kier alpha value is -1.15. The average Bonchev–Trinajstić information content (AvgIpc) is 3.11. The fourth-order valence-corrected chi connectivity index (χ4v) is 4.02. The van der Waals surface area contributed by atoms with Crippen molar-refractivity contribution in [3.8, 4) is 0 Å². The van der Waals surface area contributed by atoms with Crippen LogP contribution in [0, 0.1) is 10.6 Å². The molecule has 4 rings (SSSR count). The molecule has 6 heteroatoms. The monoisotopic (exact) mass is 383 g/mol. The summed E-state index contributed by atoms with van der Waals surface area (Å²) >= 11 is 2.24. The van der Waals surface area contributed by atoms with Gasteiger partial charge in [-0.25, -0.2) is 4.52 Å². The molecular formula is C14H14IN3O2. The van der Waals surface area contributed by atoms with E-state index >= 15 is 0 Å². The molecule has 2 aliphatic rings. The molecule has 0 aliphatic carbocycles. The zero-order valence-electron chi connectivity index (χ0n) is 11.0. The number of fused-ring (bicyclic) bond motifs is 3. The summed E-state index contributed by atoms with van der Waals surface area (Å²) in [5, 5.41) is 4.34. The quantitative estimate of drug-likeness (QED) is 0.558. The first kappa shape index (κ1) is 12.6. The number of rotatable bonds is 1. The van der Waals surface area contributed by atoms with Gasteiger partial charge in [-0.2, -0.15) is 5.10 Å². The predicted octanol–water partition coefficient (Wildman–Crippen LogP) is 1.86. The number of halogens is 1. The van der Waals surface area contributed by atoms with Crippen LogP contribution in [-0.2, 0) is 4.74 Å². The molecule has 0 radical (unpaired) electrons. The van der Waals surface area contributed by atoms with Gasteiger partial charge in [0, 0.05) is 6.54 Å². The highest BCUT2D eigenvalue weighted by Gasteiger charge is 2.42. The Labute approximate surface area is 130 Å². The molecule has 2 aromatic rings. The fourth-order valence-electron chi connectivity index (χ4n) is 3.14. The molecule has 104 valence electrons. The van der Waals surface area contributed by atoms with Gasteiger partial charge in [0.2, 0.25) is 0 Å². The molecule has 1 amide bonds. The van der Waals surface area contributed by atoms with Gasteiger partial charge in [0.25, 0.3) is 5.91 Å². The third kappa shape index (κ3) is 1.77. The van der Waals surface area contributed by atoms with Crippen LogP contribution >= 0.6 is 22.6 Å². The van der Waals surface area contributed by atoms with Crippen molar-refractivity contribution in [2.24, 2.45) is 0 Å². The molecule has 2 atom stereocenters. The van der Waals surface area contributed by atoms with Gasteiger partial charge in [-0.05, 0) is 53.6 Å². The maximum absolute atomic E-state index is 12.7. The van der Waals surface area contributed by atoms with Gasteiger partial charge in [0.05, 0.1) is 36.0 Å². The lowest BCUT2D eigenvalue weighted by Crippen LogP contribution is -2.41. The van der Waals surface area contributed by atoms with Crippen LogP contribution in [-0.4, -0.2) is 45.7 Å². The minimum absolute atomic E-state index is 0.0807. The van der Waals surface area contributed by atoms with Crippen molar-refractivity contribution in [2.75, 3.05) is 13.2 Å². The van der Waals surface area contributed by atoms with Crippen LogP contribution in [0.2, 0.25) is 0 Å². The zero-order chi connectivity index (χ0) is 13.9. The lowest BCUT2D eigenvalue weighted by Gasteiger charge is -2.26.